The van der Waals surface area contributed by atoms with Crippen LogP contribution in [-0.4, -0.2) is 30.9 Å². The summed E-state index contributed by atoms with van der Waals surface area (Å²) < 4.78 is 0. The van der Waals surface area contributed by atoms with Gasteiger partial charge in [0, 0.05) is 18.1 Å². The van der Waals surface area contributed by atoms with Crippen LogP contribution >= 0.6 is 24.0 Å². The van der Waals surface area contributed by atoms with Crippen molar-refractivity contribution in [1.29, 1.82) is 0 Å². The van der Waals surface area contributed by atoms with Crippen molar-refractivity contribution in [2.75, 3.05) is 20.1 Å². The van der Waals surface area contributed by atoms with E-state index in [1.54, 1.807) is 7.05 Å². The number of nitrogens with one attached hydrogen (secondary N) is 1. The quantitative estimate of drug-likeness (QED) is 0.893. The number of likely N-dealkylation sites (N-methyl/N-ethyl adjacent to an activating group) is 1. The highest BCUT2D eigenvalue weighted by Gasteiger charge is 2.19. The summed E-state index contributed by atoms with van der Waals surface area (Å²) in [7, 11) is 1.79. The first-order valence-electron chi connectivity index (χ1n) is 5.40. The molecule has 0 spiro atoms. The molecule has 1 amide bonds. The monoisotopic (exact) mass is 274 g/mol. The van der Waals surface area contributed by atoms with Crippen molar-refractivity contribution in [3.63, 3.8) is 0 Å². The zero-order valence-corrected chi connectivity index (χ0v) is 11.3. The molecule has 0 saturated heterocycles. The molecule has 1 N–H and O–H groups in total. The van der Waals surface area contributed by atoms with Crippen molar-refractivity contribution < 1.29 is 4.79 Å². The van der Waals surface area contributed by atoms with Gasteiger partial charge < -0.3 is 10.2 Å². The van der Waals surface area contributed by atoms with Crippen molar-refractivity contribution in [2.45, 2.75) is 13.0 Å². The topological polar surface area (TPSA) is 32.3 Å². The van der Waals surface area contributed by atoms with E-state index in [2.05, 4.69) is 5.32 Å². The normalized spacial score (nSPS) is 13.9. The lowest BCUT2D eigenvalue weighted by Crippen LogP contribution is -2.40. The molecule has 0 unspecified atom stereocenters. The van der Waals surface area contributed by atoms with Gasteiger partial charge in [0.25, 0.3) is 0 Å². The van der Waals surface area contributed by atoms with Crippen molar-refractivity contribution in [1.82, 2.24) is 10.2 Å². The van der Waals surface area contributed by atoms with Crippen molar-refractivity contribution in [3.8, 4) is 0 Å². The van der Waals surface area contributed by atoms with Crippen LogP contribution in [0.5, 0.6) is 0 Å². The molecule has 1 aromatic rings. The molecule has 3 nitrogen and oxygen atoms in total. The van der Waals surface area contributed by atoms with Crippen molar-refractivity contribution >= 4 is 29.9 Å². The number of benzene rings is 1. The van der Waals surface area contributed by atoms with Gasteiger partial charge in [0.1, 0.15) is 0 Å². The first-order valence-corrected chi connectivity index (χ1v) is 5.78. The second kappa shape index (κ2) is 6.24. The highest BCUT2D eigenvalue weighted by molar-refractivity contribution is 6.30. The molecule has 0 aromatic heterocycles. The zero-order chi connectivity index (χ0) is 11.5. The Labute approximate surface area is 113 Å². The van der Waals surface area contributed by atoms with Crippen LogP contribution in [0.3, 0.4) is 0 Å². The summed E-state index contributed by atoms with van der Waals surface area (Å²) >= 11 is 5.93. The third-order valence-corrected chi connectivity index (χ3v) is 3.10. The van der Waals surface area contributed by atoms with Crippen LogP contribution in [0, 0.1) is 0 Å². The van der Waals surface area contributed by atoms with Gasteiger partial charge in [-0.3, -0.25) is 4.79 Å². The van der Waals surface area contributed by atoms with Gasteiger partial charge in [-0.2, -0.15) is 0 Å². The van der Waals surface area contributed by atoms with Gasteiger partial charge in [0.05, 0.1) is 6.54 Å². The maximum absolute atomic E-state index is 11.7. The molecular weight excluding hydrogens is 259 g/mol. The fourth-order valence-electron chi connectivity index (χ4n) is 2.00. The smallest absolute Gasteiger partial charge is 0.236 e. The minimum Gasteiger partial charge on any atom is -0.337 e. The van der Waals surface area contributed by atoms with E-state index in [0.717, 1.165) is 18.0 Å². The summed E-state index contributed by atoms with van der Waals surface area (Å²) in [6.45, 7) is 1.89. The maximum Gasteiger partial charge on any atom is 0.236 e. The molecule has 1 heterocycles. The van der Waals surface area contributed by atoms with E-state index in [4.69, 9.17) is 11.6 Å². The van der Waals surface area contributed by atoms with E-state index in [0.29, 0.717) is 13.1 Å². The largest absolute Gasteiger partial charge is 0.337 e. The molecule has 0 radical (unpaired) electrons. The summed E-state index contributed by atoms with van der Waals surface area (Å²) in [5.41, 5.74) is 2.47. The number of amides is 1. The third kappa shape index (κ3) is 3.35. The number of halogens is 2. The van der Waals surface area contributed by atoms with E-state index in [-0.39, 0.29) is 18.3 Å². The average Bonchev–Trinajstić information content (AvgIpc) is 2.28. The molecule has 0 saturated carbocycles. The fourth-order valence-corrected chi connectivity index (χ4v) is 2.19. The Morgan fingerprint density at radius 2 is 2.24 bits per heavy atom. The van der Waals surface area contributed by atoms with Crippen molar-refractivity contribution in [3.05, 3.63) is 34.3 Å². The van der Waals surface area contributed by atoms with Crippen LogP contribution in [0.1, 0.15) is 11.1 Å². The summed E-state index contributed by atoms with van der Waals surface area (Å²) in [5, 5.41) is 3.66. The maximum atomic E-state index is 11.7. The zero-order valence-electron chi connectivity index (χ0n) is 9.70. The van der Waals surface area contributed by atoms with E-state index >= 15 is 0 Å². The van der Waals surface area contributed by atoms with Gasteiger partial charge >= 0.3 is 0 Å². The highest BCUT2D eigenvalue weighted by Crippen LogP contribution is 2.22. The predicted octanol–water partition coefficient (Wildman–Crippen LogP) is 1.87. The number of carbonyl (C=O) groups excluding carboxylic acids is 1. The summed E-state index contributed by atoms with van der Waals surface area (Å²) in [4.78, 5) is 13.6. The molecule has 0 aliphatic carbocycles. The van der Waals surface area contributed by atoms with Crippen molar-refractivity contribution in [2.24, 2.45) is 0 Å². The van der Waals surface area contributed by atoms with Crippen LogP contribution in [0.25, 0.3) is 0 Å². The molecule has 94 valence electrons. The molecule has 0 atom stereocenters. The number of carbonyl (C=O) groups is 1. The lowest BCUT2D eigenvalue weighted by atomic mass is 10.00. The fraction of sp³-hybridized carbons (Fsp3) is 0.417. The number of rotatable bonds is 2. The van der Waals surface area contributed by atoms with Crippen LogP contribution in [0.4, 0.5) is 0 Å². The minimum absolute atomic E-state index is 0. The second-order valence-electron chi connectivity index (χ2n) is 4.01. The van der Waals surface area contributed by atoms with Gasteiger partial charge in [-0.25, -0.2) is 0 Å². The first kappa shape index (κ1) is 14.3. The van der Waals surface area contributed by atoms with Gasteiger partial charge in [-0.1, -0.05) is 17.7 Å². The molecule has 5 heteroatoms. The van der Waals surface area contributed by atoms with Gasteiger partial charge in [-0.15, -0.1) is 12.4 Å². The Morgan fingerprint density at radius 3 is 2.94 bits per heavy atom. The number of hydrogen-bond donors (Lipinski definition) is 1. The van der Waals surface area contributed by atoms with Gasteiger partial charge in [-0.05, 0) is 36.7 Å². The Kier molecular flexibility index (Phi) is 5.25. The first-order chi connectivity index (χ1) is 7.70. The van der Waals surface area contributed by atoms with Gasteiger partial charge in [0.2, 0.25) is 5.91 Å². The lowest BCUT2D eigenvalue weighted by Gasteiger charge is -2.29. The molecule has 0 fully saturated rings. The van der Waals surface area contributed by atoms with E-state index in [1.165, 1.54) is 11.1 Å². The van der Waals surface area contributed by atoms with E-state index in [9.17, 15) is 4.79 Å². The Bertz CT molecular complexity index is 409. The predicted molar refractivity (Wildman–Crippen MR) is 71.7 cm³/mol. The van der Waals surface area contributed by atoms with Crippen LogP contribution in [0.15, 0.2) is 18.2 Å². The average molecular weight is 275 g/mol. The van der Waals surface area contributed by atoms with E-state index in [1.807, 2.05) is 23.1 Å². The molecule has 2 rings (SSSR count). The second-order valence-corrected chi connectivity index (χ2v) is 4.45. The molecule has 0 bridgehead atoms. The lowest BCUT2D eigenvalue weighted by molar-refractivity contribution is -0.131. The van der Waals surface area contributed by atoms with Gasteiger partial charge in [0.15, 0.2) is 0 Å². The Hall–Kier alpha value is -0.770. The van der Waals surface area contributed by atoms with Crippen LogP contribution < -0.4 is 5.32 Å². The minimum atomic E-state index is 0. The van der Waals surface area contributed by atoms with E-state index < -0.39 is 0 Å². The summed E-state index contributed by atoms with van der Waals surface area (Å²) in [6.07, 6.45) is 0.894. The standard InChI is InChI=1S/C12H15ClN2O.ClH/c1-14-7-12(16)15-5-4-9-6-11(13)3-2-10(9)8-15;/h2-3,6,14H,4-5,7-8H2,1H3;1H. The Balaban J connectivity index is 0.00000144. The third-order valence-electron chi connectivity index (χ3n) is 2.86. The summed E-state index contributed by atoms with van der Waals surface area (Å²) in [6, 6.07) is 5.89. The molecule has 17 heavy (non-hydrogen) atoms. The molecular formula is C12H16Cl2N2O. The highest BCUT2D eigenvalue weighted by atomic mass is 35.5. The van der Waals surface area contributed by atoms with Crippen LogP contribution in [0.2, 0.25) is 5.02 Å². The molecule has 1 aromatic carbocycles. The Morgan fingerprint density at radius 1 is 1.47 bits per heavy atom. The molecule has 1 aliphatic rings. The SMILES string of the molecule is CNCC(=O)N1CCc2cc(Cl)ccc2C1.Cl. The van der Waals surface area contributed by atoms with Crippen LogP contribution in [-0.2, 0) is 17.8 Å². The number of fused-ring (bicyclic) bond motifs is 1. The number of nitrogens with zero attached hydrogens (tertiary/aromatic N) is 1. The number of hydrogen-bond acceptors (Lipinski definition) is 2. The molecule has 1 aliphatic heterocycles. The summed E-state index contributed by atoms with van der Waals surface area (Å²) in [5.74, 6) is 0.156.